The first kappa shape index (κ1) is 14.3. The molecule has 6 heteroatoms. The maximum absolute atomic E-state index is 12.7. The minimum atomic E-state index is -0.672. The number of carbonyl (C=O) groups is 1. The molecule has 3 rings (SSSR count). The van der Waals surface area contributed by atoms with Crippen LogP contribution >= 0.6 is 11.6 Å². The molecule has 22 heavy (non-hydrogen) atoms. The summed E-state index contributed by atoms with van der Waals surface area (Å²) in [4.78, 5) is 24.1. The summed E-state index contributed by atoms with van der Waals surface area (Å²) in [6.07, 6.45) is 1.64. The second-order valence-electron chi connectivity index (χ2n) is 4.69. The van der Waals surface area contributed by atoms with Crippen molar-refractivity contribution in [1.29, 1.82) is 0 Å². The number of aromatic nitrogens is 1. The van der Waals surface area contributed by atoms with Gasteiger partial charge in [-0.15, -0.1) is 0 Å². The molecule has 3 aromatic rings. The zero-order valence-corrected chi connectivity index (χ0v) is 12.0. The summed E-state index contributed by atoms with van der Waals surface area (Å²) < 4.78 is 1.42. The normalized spacial score (nSPS) is 10.6. The van der Waals surface area contributed by atoms with E-state index < -0.39 is 5.91 Å². The SMILES string of the molecule is O=C(NO)c1ccc2ccn(-c3ccccc3Cl)c(=O)c2c1. The number of benzene rings is 2. The molecule has 1 aromatic heterocycles. The molecule has 0 aliphatic heterocycles. The van der Waals surface area contributed by atoms with Crippen LogP contribution in [0.5, 0.6) is 0 Å². The Labute approximate surface area is 130 Å². The highest BCUT2D eigenvalue weighted by Crippen LogP contribution is 2.20. The van der Waals surface area contributed by atoms with Gasteiger partial charge in [-0.2, -0.15) is 0 Å². The Kier molecular flexibility index (Phi) is 3.66. The Bertz CT molecular complexity index is 934. The lowest BCUT2D eigenvalue weighted by atomic mass is 10.1. The quantitative estimate of drug-likeness (QED) is 0.564. The van der Waals surface area contributed by atoms with Crippen LogP contribution in [0.25, 0.3) is 16.5 Å². The average Bonchev–Trinajstić information content (AvgIpc) is 2.55. The summed E-state index contributed by atoms with van der Waals surface area (Å²) >= 11 is 6.13. The maximum Gasteiger partial charge on any atom is 0.274 e. The van der Waals surface area contributed by atoms with E-state index in [2.05, 4.69) is 0 Å². The average molecular weight is 315 g/mol. The van der Waals surface area contributed by atoms with E-state index >= 15 is 0 Å². The molecule has 0 radical (unpaired) electrons. The Hall–Kier alpha value is -2.63. The first-order chi connectivity index (χ1) is 10.6. The molecule has 0 saturated carbocycles. The molecule has 2 aromatic carbocycles. The molecule has 0 spiro atoms. The fourth-order valence-corrected chi connectivity index (χ4v) is 2.51. The van der Waals surface area contributed by atoms with Crippen molar-refractivity contribution in [3.05, 3.63) is 75.7 Å². The number of pyridine rings is 1. The Morgan fingerprint density at radius 2 is 1.91 bits per heavy atom. The van der Waals surface area contributed by atoms with Crippen LogP contribution in [0.3, 0.4) is 0 Å². The zero-order valence-electron chi connectivity index (χ0n) is 11.3. The van der Waals surface area contributed by atoms with Gasteiger partial charge in [0.1, 0.15) is 0 Å². The van der Waals surface area contributed by atoms with Gasteiger partial charge in [-0.05, 0) is 35.7 Å². The predicted octanol–water partition coefficient (Wildman–Crippen LogP) is 2.76. The zero-order chi connectivity index (χ0) is 15.7. The van der Waals surface area contributed by atoms with Gasteiger partial charge in [0.05, 0.1) is 10.7 Å². The maximum atomic E-state index is 12.7. The van der Waals surface area contributed by atoms with E-state index in [1.807, 2.05) is 0 Å². The third-order valence-electron chi connectivity index (χ3n) is 3.38. The molecule has 0 atom stereocenters. The van der Waals surface area contributed by atoms with Crippen molar-refractivity contribution in [2.24, 2.45) is 0 Å². The van der Waals surface area contributed by atoms with Crippen molar-refractivity contribution in [3.8, 4) is 5.69 Å². The number of rotatable bonds is 2. The van der Waals surface area contributed by atoms with Crippen molar-refractivity contribution >= 4 is 28.3 Å². The molecule has 110 valence electrons. The lowest BCUT2D eigenvalue weighted by Crippen LogP contribution is -2.21. The number of hydroxylamine groups is 1. The number of fused-ring (bicyclic) bond motifs is 1. The fourth-order valence-electron chi connectivity index (χ4n) is 2.28. The van der Waals surface area contributed by atoms with E-state index in [1.54, 1.807) is 48.1 Å². The molecule has 2 N–H and O–H groups in total. The molecule has 0 saturated heterocycles. The highest BCUT2D eigenvalue weighted by atomic mass is 35.5. The van der Waals surface area contributed by atoms with Crippen LogP contribution in [0.15, 0.2) is 59.5 Å². The molecule has 1 heterocycles. The van der Waals surface area contributed by atoms with Crippen LogP contribution in [0.1, 0.15) is 10.4 Å². The number of carbonyl (C=O) groups excluding carboxylic acids is 1. The third kappa shape index (κ3) is 2.36. The van der Waals surface area contributed by atoms with Gasteiger partial charge in [-0.25, -0.2) is 5.48 Å². The van der Waals surface area contributed by atoms with Crippen LogP contribution in [-0.4, -0.2) is 15.7 Å². The second-order valence-corrected chi connectivity index (χ2v) is 5.09. The summed E-state index contributed by atoms with van der Waals surface area (Å²) in [6.45, 7) is 0. The number of hydrogen-bond donors (Lipinski definition) is 2. The largest absolute Gasteiger partial charge is 0.288 e. The third-order valence-corrected chi connectivity index (χ3v) is 3.70. The first-order valence-corrected chi connectivity index (χ1v) is 6.84. The molecule has 0 bridgehead atoms. The summed E-state index contributed by atoms with van der Waals surface area (Å²) in [6, 6.07) is 13.4. The van der Waals surface area contributed by atoms with Crippen LogP contribution in [0.4, 0.5) is 0 Å². The molecular weight excluding hydrogens is 304 g/mol. The predicted molar refractivity (Wildman–Crippen MR) is 83.8 cm³/mol. The molecular formula is C16H11ClN2O3. The van der Waals surface area contributed by atoms with Gasteiger partial charge >= 0.3 is 0 Å². The Balaban J connectivity index is 2.27. The van der Waals surface area contributed by atoms with E-state index in [9.17, 15) is 9.59 Å². The smallest absolute Gasteiger partial charge is 0.274 e. The minimum Gasteiger partial charge on any atom is -0.288 e. The summed E-state index contributed by atoms with van der Waals surface area (Å²) in [7, 11) is 0. The summed E-state index contributed by atoms with van der Waals surface area (Å²) in [5.74, 6) is -0.672. The highest BCUT2D eigenvalue weighted by molar-refractivity contribution is 6.32. The van der Waals surface area contributed by atoms with Gasteiger partial charge in [0, 0.05) is 17.1 Å². The number of amides is 1. The second kappa shape index (κ2) is 5.63. The van der Waals surface area contributed by atoms with Gasteiger partial charge in [0.15, 0.2) is 0 Å². The standard InChI is InChI=1S/C16H11ClN2O3/c17-13-3-1-2-4-14(13)19-8-7-10-5-6-11(15(20)18-22)9-12(10)16(19)21/h1-9,22H,(H,18,20). The van der Waals surface area contributed by atoms with E-state index in [4.69, 9.17) is 16.8 Å². The monoisotopic (exact) mass is 314 g/mol. The minimum absolute atomic E-state index is 0.198. The Morgan fingerprint density at radius 3 is 2.64 bits per heavy atom. The molecule has 1 amide bonds. The molecule has 5 nitrogen and oxygen atoms in total. The lowest BCUT2D eigenvalue weighted by Gasteiger charge is -2.09. The molecule has 0 aliphatic rings. The van der Waals surface area contributed by atoms with Crippen molar-refractivity contribution in [2.45, 2.75) is 0 Å². The van der Waals surface area contributed by atoms with E-state index in [1.165, 1.54) is 16.7 Å². The van der Waals surface area contributed by atoms with Gasteiger partial charge in [-0.1, -0.05) is 29.8 Å². The number of para-hydroxylation sites is 1. The van der Waals surface area contributed by atoms with Crippen LogP contribution in [-0.2, 0) is 0 Å². The first-order valence-electron chi connectivity index (χ1n) is 6.46. The van der Waals surface area contributed by atoms with Gasteiger partial charge < -0.3 is 0 Å². The lowest BCUT2D eigenvalue weighted by molar-refractivity contribution is 0.0706. The fraction of sp³-hybridized carbons (Fsp3) is 0. The Morgan fingerprint density at radius 1 is 1.14 bits per heavy atom. The summed E-state index contributed by atoms with van der Waals surface area (Å²) in [5.41, 5.74) is 2.02. The van der Waals surface area contributed by atoms with Gasteiger partial charge in [-0.3, -0.25) is 19.4 Å². The highest BCUT2D eigenvalue weighted by Gasteiger charge is 2.10. The summed E-state index contributed by atoms with van der Waals surface area (Å²) in [5, 5.41) is 10.2. The van der Waals surface area contributed by atoms with Crippen LogP contribution in [0, 0.1) is 0 Å². The van der Waals surface area contributed by atoms with Gasteiger partial charge in [0.2, 0.25) is 0 Å². The van der Waals surface area contributed by atoms with E-state index in [0.717, 1.165) is 0 Å². The number of halogens is 1. The van der Waals surface area contributed by atoms with Crippen molar-refractivity contribution < 1.29 is 10.0 Å². The van der Waals surface area contributed by atoms with Crippen molar-refractivity contribution in [2.75, 3.05) is 0 Å². The van der Waals surface area contributed by atoms with Crippen LogP contribution < -0.4 is 11.0 Å². The molecule has 0 unspecified atom stereocenters. The number of hydrogen-bond acceptors (Lipinski definition) is 3. The van der Waals surface area contributed by atoms with E-state index in [0.29, 0.717) is 21.5 Å². The van der Waals surface area contributed by atoms with Crippen molar-refractivity contribution in [1.82, 2.24) is 10.0 Å². The number of nitrogens with zero attached hydrogens (tertiary/aromatic N) is 1. The number of nitrogens with one attached hydrogen (secondary N) is 1. The van der Waals surface area contributed by atoms with E-state index in [-0.39, 0.29) is 11.1 Å². The molecule has 0 fully saturated rings. The molecule has 0 aliphatic carbocycles. The topological polar surface area (TPSA) is 71.3 Å². The van der Waals surface area contributed by atoms with Crippen molar-refractivity contribution in [3.63, 3.8) is 0 Å². The van der Waals surface area contributed by atoms with Crippen LogP contribution in [0.2, 0.25) is 5.02 Å². The van der Waals surface area contributed by atoms with Gasteiger partial charge in [0.25, 0.3) is 11.5 Å².